The minimum atomic E-state index is -4.50. The highest BCUT2D eigenvalue weighted by atomic mass is 19.4. The van der Waals surface area contributed by atoms with E-state index in [0.717, 1.165) is 17.7 Å². The van der Waals surface area contributed by atoms with Crippen molar-refractivity contribution in [2.75, 3.05) is 49.5 Å². The van der Waals surface area contributed by atoms with Gasteiger partial charge in [-0.2, -0.15) is 13.2 Å². The summed E-state index contributed by atoms with van der Waals surface area (Å²) in [5.41, 5.74) is 1.26. The Labute approximate surface area is 167 Å². The van der Waals surface area contributed by atoms with E-state index in [4.69, 9.17) is 5.11 Å². The van der Waals surface area contributed by atoms with Gasteiger partial charge in [0.05, 0.1) is 23.5 Å². The lowest BCUT2D eigenvalue weighted by atomic mass is 10.1. The first-order valence-corrected chi connectivity index (χ1v) is 9.45. The van der Waals surface area contributed by atoms with Gasteiger partial charge >= 0.3 is 6.18 Å². The quantitative estimate of drug-likeness (QED) is 0.798. The summed E-state index contributed by atoms with van der Waals surface area (Å²) in [7, 11) is 0. The molecule has 8 heteroatoms. The Morgan fingerprint density at radius 1 is 1.07 bits per heavy atom. The number of aryl methyl sites for hydroxylation is 1. The van der Waals surface area contributed by atoms with Crippen molar-refractivity contribution < 1.29 is 23.1 Å². The summed E-state index contributed by atoms with van der Waals surface area (Å²) < 4.78 is 39.7. The van der Waals surface area contributed by atoms with E-state index in [1.54, 1.807) is 24.3 Å². The lowest BCUT2D eigenvalue weighted by Crippen LogP contribution is -2.47. The molecule has 2 aromatic rings. The molecule has 2 N–H and O–H groups in total. The summed E-state index contributed by atoms with van der Waals surface area (Å²) in [6.45, 7) is 5.09. The van der Waals surface area contributed by atoms with E-state index in [1.165, 1.54) is 6.07 Å². The summed E-state index contributed by atoms with van der Waals surface area (Å²) in [4.78, 5) is 16.7. The molecule has 0 aliphatic carbocycles. The van der Waals surface area contributed by atoms with Gasteiger partial charge in [0.2, 0.25) is 0 Å². The van der Waals surface area contributed by atoms with Crippen molar-refractivity contribution in [3.8, 4) is 0 Å². The molecule has 2 aromatic carbocycles. The van der Waals surface area contributed by atoms with Crippen molar-refractivity contribution >= 4 is 17.3 Å². The molecule has 0 unspecified atom stereocenters. The third-order valence-corrected chi connectivity index (χ3v) is 5.02. The summed E-state index contributed by atoms with van der Waals surface area (Å²) in [6, 6.07) is 10.3. The fourth-order valence-corrected chi connectivity index (χ4v) is 3.34. The van der Waals surface area contributed by atoms with E-state index in [0.29, 0.717) is 44.0 Å². The van der Waals surface area contributed by atoms with Crippen LogP contribution in [0.25, 0.3) is 0 Å². The zero-order chi connectivity index (χ0) is 21.0. The number of alkyl halides is 3. The summed E-state index contributed by atoms with van der Waals surface area (Å²) >= 11 is 0. The van der Waals surface area contributed by atoms with Gasteiger partial charge in [-0.25, -0.2) is 0 Å². The first kappa shape index (κ1) is 21.1. The maximum Gasteiger partial charge on any atom is 0.416 e. The molecule has 0 spiro atoms. The molecule has 0 atom stereocenters. The van der Waals surface area contributed by atoms with E-state index in [9.17, 15) is 18.0 Å². The number of carbonyl (C=O) groups excluding carboxylic acids is 1. The number of hydrogen-bond acceptors (Lipinski definition) is 4. The molecule has 1 fully saturated rings. The SMILES string of the molecule is Cc1ccc(C(=O)Nc2cc(C(F)(F)F)ccc2N2CCN(CCO)CC2)cc1. The number of carbonyl (C=O) groups is 1. The number of β-amino-alcohol motifs (C(OH)–C–C–N with tert-alkyl or cyclic N) is 1. The van der Waals surface area contributed by atoms with Crippen molar-refractivity contribution in [2.45, 2.75) is 13.1 Å². The maximum atomic E-state index is 13.2. The van der Waals surface area contributed by atoms with Crippen molar-refractivity contribution in [3.05, 3.63) is 59.2 Å². The van der Waals surface area contributed by atoms with Gasteiger partial charge in [-0.3, -0.25) is 9.69 Å². The van der Waals surface area contributed by atoms with E-state index >= 15 is 0 Å². The van der Waals surface area contributed by atoms with Crippen LogP contribution in [0.5, 0.6) is 0 Å². The highest BCUT2D eigenvalue weighted by Crippen LogP contribution is 2.36. The van der Waals surface area contributed by atoms with E-state index in [-0.39, 0.29) is 12.3 Å². The Hall–Kier alpha value is -2.58. The zero-order valence-electron chi connectivity index (χ0n) is 16.2. The zero-order valence-corrected chi connectivity index (χ0v) is 16.2. The van der Waals surface area contributed by atoms with Crippen LogP contribution in [0.1, 0.15) is 21.5 Å². The molecular weight excluding hydrogens is 383 g/mol. The van der Waals surface area contributed by atoms with Crippen LogP contribution in [0.2, 0.25) is 0 Å². The van der Waals surface area contributed by atoms with Crippen LogP contribution >= 0.6 is 0 Å². The number of amides is 1. The Bertz CT molecular complexity index is 845. The number of anilines is 2. The van der Waals surface area contributed by atoms with Crippen LogP contribution in [-0.2, 0) is 6.18 Å². The van der Waals surface area contributed by atoms with Crippen molar-refractivity contribution in [2.24, 2.45) is 0 Å². The molecule has 156 valence electrons. The lowest BCUT2D eigenvalue weighted by Gasteiger charge is -2.36. The number of hydrogen-bond donors (Lipinski definition) is 2. The van der Waals surface area contributed by atoms with Crippen LogP contribution in [0, 0.1) is 6.92 Å². The average Bonchev–Trinajstić information content (AvgIpc) is 2.69. The molecule has 0 saturated carbocycles. The van der Waals surface area contributed by atoms with Gasteiger partial charge in [-0.05, 0) is 37.3 Å². The summed E-state index contributed by atoms with van der Waals surface area (Å²) in [5.74, 6) is -0.454. The second-order valence-electron chi connectivity index (χ2n) is 7.10. The van der Waals surface area contributed by atoms with Crippen LogP contribution in [0.15, 0.2) is 42.5 Å². The van der Waals surface area contributed by atoms with Crippen LogP contribution in [0.4, 0.5) is 24.5 Å². The second-order valence-corrected chi connectivity index (χ2v) is 7.10. The normalized spacial score (nSPS) is 15.4. The van der Waals surface area contributed by atoms with Crippen molar-refractivity contribution in [3.63, 3.8) is 0 Å². The van der Waals surface area contributed by atoms with Crippen molar-refractivity contribution in [1.82, 2.24) is 4.90 Å². The fourth-order valence-electron chi connectivity index (χ4n) is 3.34. The Morgan fingerprint density at radius 2 is 1.72 bits per heavy atom. The van der Waals surface area contributed by atoms with Crippen LogP contribution < -0.4 is 10.2 Å². The number of halogens is 3. The molecule has 1 aliphatic heterocycles. The van der Waals surface area contributed by atoms with Gasteiger partial charge < -0.3 is 15.3 Å². The minimum Gasteiger partial charge on any atom is -0.395 e. The third-order valence-electron chi connectivity index (χ3n) is 5.02. The van der Waals surface area contributed by atoms with E-state index in [1.807, 2.05) is 11.8 Å². The van der Waals surface area contributed by atoms with Gasteiger partial charge in [-0.15, -0.1) is 0 Å². The highest BCUT2D eigenvalue weighted by molar-refractivity contribution is 6.06. The molecule has 0 aromatic heterocycles. The van der Waals surface area contributed by atoms with Gasteiger partial charge in [0, 0.05) is 38.3 Å². The number of benzene rings is 2. The predicted octanol–water partition coefficient (Wildman–Crippen LogP) is 3.38. The Morgan fingerprint density at radius 3 is 2.31 bits per heavy atom. The largest absolute Gasteiger partial charge is 0.416 e. The molecular formula is C21H24F3N3O2. The first-order chi connectivity index (χ1) is 13.8. The topological polar surface area (TPSA) is 55.8 Å². The van der Waals surface area contributed by atoms with Crippen LogP contribution in [-0.4, -0.2) is 55.2 Å². The standard InChI is InChI=1S/C21H24F3N3O2/c1-15-2-4-16(5-3-15)20(29)25-18-14-17(21(22,23)24)6-7-19(18)27-10-8-26(9-11-27)12-13-28/h2-7,14,28H,8-13H2,1H3,(H,25,29). The number of aliphatic hydroxyl groups is 1. The Balaban J connectivity index is 1.86. The molecule has 0 radical (unpaired) electrons. The average molecular weight is 407 g/mol. The number of nitrogens with zero attached hydrogens (tertiary/aromatic N) is 2. The summed E-state index contributed by atoms with van der Waals surface area (Å²) in [6.07, 6.45) is -4.50. The van der Waals surface area contributed by atoms with Gasteiger partial charge in [-0.1, -0.05) is 17.7 Å². The minimum absolute atomic E-state index is 0.0676. The number of nitrogens with one attached hydrogen (secondary N) is 1. The van der Waals surface area contributed by atoms with E-state index in [2.05, 4.69) is 10.2 Å². The van der Waals surface area contributed by atoms with Gasteiger partial charge in [0.25, 0.3) is 5.91 Å². The van der Waals surface area contributed by atoms with Crippen molar-refractivity contribution in [1.29, 1.82) is 0 Å². The predicted molar refractivity (Wildman–Crippen MR) is 106 cm³/mol. The number of piperazine rings is 1. The maximum absolute atomic E-state index is 13.2. The molecule has 1 heterocycles. The number of aliphatic hydroxyl groups excluding tert-OH is 1. The highest BCUT2D eigenvalue weighted by Gasteiger charge is 2.32. The van der Waals surface area contributed by atoms with Crippen LogP contribution in [0.3, 0.4) is 0 Å². The molecule has 1 aliphatic rings. The first-order valence-electron chi connectivity index (χ1n) is 9.45. The summed E-state index contributed by atoms with van der Waals surface area (Å²) in [5, 5.41) is 11.7. The molecule has 3 rings (SSSR count). The Kier molecular flexibility index (Phi) is 6.44. The third kappa shape index (κ3) is 5.27. The van der Waals surface area contributed by atoms with E-state index < -0.39 is 17.6 Å². The molecule has 29 heavy (non-hydrogen) atoms. The monoisotopic (exact) mass is 407 g/mol. The van der Waals surface area contributed by atoms with Gasteiger partial charge in [0.15, 0.2) is 0 Å². The van der Waals surface area contributed by atoms with Gasteiger partial charge in [0.1, 0.15) is 0 Å². The molecule has 1 saturated heterocycles. The molecule has 0 bridgehead atoms. The second kappa shape index (κ2) is 8.84. The molecule has 1 amide bonds. The molecule has 5 nitrogen and oxygen atoms in total. The fraction of sp³-hybridized carbons (Fsp3) is 0.381. The lowest BCUT2D eigenvalue weighted by molar-refractivity contribution is -0.137. The number of rotatable bonds is 5. The smallest absolute Gasteiger partial charge is 0.395 e.